The number of H-pyrrole nitrogens is 1. The Morgan fingerprint density at radius 1 is 1.21 bits per heavy atom. The molecule has 1 N–H and O–H groups in total. The van der Waals surface area contributed by atoms with Crippen LogP contribution in [-0.2, 0) is 5.75 Å². The molecule has 0 unspecified atom stereocenters. The molecule has 2 fully saturated rings. The number of nitrogens with one attached hydrogen (secondary N) is 1. The van der Waals surface area contributed by atoms with Gasteiger partial charge in [-0.15, -0.1) is 0 Å². The number of halogens is 1. The van der Waals surface area contributed by atoms with E-state index in [2.05, 4.69) is 29.0 Å². The van der Waals surface area contributed by atoms with Gasteiger partial charge < -0.3 is 14.6 Å². The van der Waals surface area contributed by atoms with Crippen molar-refractivity contribution in [1.29, 1.82) is 0 Å². The molecular weight excluding hydrogens is 377 g/mol. The molecule has 1 aromatic heterocycles. The highest BCUT2D eigenvalue weighted by atomic mass is 32.2. The van der Waals surface area contributed by atoms with E-state index in [-0.39, 0.29) is 5.39 Å². The van der Waals surface area contributed by atoms with Crippen LogP contribution in [0.15, 0.2) is 16.9 Å². The molecule has 2 aliphatic carbocycles. The van der Waals surface area contributed by atoms with Crippen LogP contribution in [0.3, 0.4) is 0 Å². The lowest BCUT2D eigenvalue weighted by molar-refractivity contribution is 0.232. The number of rotatable bonds is 7. The van der Waals surface area contributed by atoms with Crippen LogP contribution in [0.2, 0.25) is 0 Å². The summed E-state index contributed by atoms with van der Waals surface area (Å²) in [5, 5.41) is 0.598. The molecule has 28 heavy (non-hydrogen) atoms. The third kappa shape index (κ3) is 4.69. The second-order valence-corrected chi connectivity index (χ2v) is 9.56. The first-order valence-electron chi connectivity index (χ1n) is 10.1. The molecule has 2 saturated carbocycles. The normalized spacial score (nSPS) is 22.7. The second kappa shape index (κ2) is 8.41. The highest BCUT2D eigenvalue weighted by Gasteiger charge is 2.24. The van der Waals surface area contributed by atoms with Crippen molar-refractivity contribution in [3.05, 3.63) is 34.1 Å². The zero-order valence-corrected chi connectivity index (χ0v) is 17.4. The fraction of sp³-hybridized carbons (Fsp3) is 0.619. The van der Waals surface area contributed by atoms with E-state index < -0.39 is 11.4 Å². The van der Waals surface area contributed by atoms with Gasteiger partial charge in [-0.1, -0.05) is 0 Å². The van der Waals surface area contributed by atoms with Gasteiger partial charge in [0.25, 0.3) is 5.56 Å². The molecule has 0 bridgehead atoms. The van der Waals surface area contributed by atoms with Crippen molar-refractivity contribution in [2.24, 2.45) is 5.92 Å². The molecule has 0 saturated heterocycles. The van der Waals surface area contributed by atoms with E-state index in [0.717, 1.165) is 0 Å². The van der Waals surface area contributed by atoms with Crippen LogP contribution in [0.25, 0.3) is 10.9 Å². The summed E-state index contributed by atoms with van der Waals surface area (Å²) in [7, 11) is 4.28. The van der Waals surface area contributed by atoms with E-state index >= 15 is 0 Å². The highest BCUT2D eigenvalue weighted by molar-refractivity contribution is 7.99. The van der Waals surface area contributed by atoms with Gasteiger partial charge in [-0.05, 0) is 58.5 Å². The monoisotopic (exact) mass is 405 g/mol. The summed E-state index contributed by atoms with van der Waals surface area (Å²) in [5.41, 5.74) is -0.0374. The lowest BCUT2D eigenvalue weighted by Crippen LogP contribution is -2.32. The summed E-state index contributed by atoms with van der Waals surface area (Å²) in [4.78, 5) is 22.0. The predicted octanol–water partition coefficient (Wildman–Crippen LogP) is 3.96. The predicted molar refractivity (Wildman–Crippen MR) is 112 cm³/mol. The molecule has 0 amide bonds. The molecule has 1 aromatic carbocycles. The minimum absolute atomic E-state index is 0.0130. The maximum Gasteiger partial charge on any atom is 0.261 e. The van der Waals surface area contributed by atoms with E-state index in [4.69, 9.17) is 4.74 Å². The minimum atomic E-state index is -0.571. The topological polar surface area (TPSA) is 58.2 Å². The van der Waals surface area contributed by atoms with Crippen LogP contribution >= 0.6 is 11.8 Å². The fourth-order valence-corrected chi connectivity index (χ4v) is 4.96. The summed E-state index contributed by atoms with van der Waals surface area (Å²) >= 11 is 1.84. The Kier molecular flexibility index (Phi) is 5.92. The van der Waals surface area contributed by atoms with Gasteiger partial charge in [-0.3, -0.25) is 4.79 Å². The van der Waals surface area contributed by atoms with Crippen molar-refractivity contribution < 1.29 is 9.13 Å². The summed E-state index contributed by atoms with van der Waals surface area (Å²) < 4.78 is 20.1. The Morgan fingerprint density at radius 3 is 2.64 bits per heavy atom. The van der Waals surface area contributed by atoms with E-state index in [1.807, 2.05) is 11.8 Å². The maximum atomic E-state index is 14.4. The van der Waals surface area contributed by atoms with Crippen LogP contribution in [-0.4, -0.2) is 46.9 Å². The van der Waals surface area contributed by atoms with Gasteiger partial charge >= 0.3 is 0 Å². The van der Waals surface area contributed by atoms with Crippen molar-refractivity contribution >= 4 is 22.7 Å². The number of benzene rings is 1. The summed E-state index contributed by atoms with van der Waals surface area (Å²) in [5.74, 6) is 1.71. The number of ether oxygens (including phenoxy) is 1. The number of hydrogen-bond donors (Lipinski definition) is 1. The molecule has 0 atom stereocenters. The average molecular weight is 406 g/mol. The van der Waals surface area contributed by atoms with E-state index in [1.54, 1.807) is 6.07 Å². The smallest absolute Gasteiger partial charge is 0.261 e. The number of aromatic nitrogens is 2. The molecule has 2 aliphatic rings. The quantitative estimate of drug-likeness (QED) is 0.756. The lowest BCUT2D eigenvalue weighted by atomic mass is 9.94. The van der Waals surface area contributed by atoms with Gasteiger partial charge in [-0.25, -0.2) is 9.37 Å². The third-order valence-corrected chi connectivity index (χ3v) is 7.18. The van der Waals surface area contributed by atoms with Crippen molar-refractivity contribution in [2.75, 3.05) is 20.7 Å². The van der Waals surface area contributed by atoms with Gasteiger partial charge in [0.05, 0.1) is 17.9 Å². The molecule has 1 heterocycles. The van der Waals surface area contributed by atoms with Gasteiger partial charge in [0, 0.05) is 23.4 Å². The first-order valence-corrected chi connectivity index (χ1v) is 11.2. The van der Waals surface area contributed by atoms with Gasteiger partial charge in [0.2, 0.25) is 0 Å². The van der Waals surface area contributed by atoms with Gasteiger partial charge in [-0.2, -0.15) is 11.8 Å². The molecule has 2 aromatic rings. The summed E-state index contributed by atoms with van der Waals surface area (Å²) in [6.45, 7) is 0.604. The Morgan fingerprint density at radius 2 is 1.96 bits per heavy atom. The molecule has 4 rings (SSSR count). The van der Waals surface area contributed by atoms with Crippen LogP contribution in [0.1, 0.15) is 44.3 Å². The first-order chi connectivity index (χ1) is 13.5. The van der Waals surface area contributed by atoms with Crippen molar-refractivity contribution in [2.45, 2.75) is 55.6 Å². The molecular formula is C21H28FN3O2S. The number of fused-ring (bicyclic) bond motifs is 1. The van der Waals surface area contributed by atoms with Crippen molar-refractivity contribution in [3.63, 3.8) is 0 Å². The van der Waals surface area contributed by atoms with E-state index in [9.17, 15) is 9.18 Å². The van der Waals surface area contributed by atoms with Gasteiger partial charge in [0.15, 0.2) is 0 Å². The summed E-state index contributed by atoms with van der Waals surface area (Å²) in [6.07, 6.45) is 7.12. The van der Waals surface area contributed by atoms with Crippen LogP contribution in [0.5, 0.6) is 5.75 Å². The largest absolute Gasteiger partial charge is 0.493 e. The summed E-state index contributed by atoms with van der Waals surface area (Å²) in [6, 6.07) is 3.65. The highest BCUT2D eigenvalue weighted by Crippen LogP contribution is 2.32. The number of thioether (sulfide) groups is 1. The fourth-order valence-electron chi connectivity index (χ4n) is 3.82. The second-order valence-electron chi connectivity index (χ2n) is 8.27. The van der Waals surface area contributed by atoms with Crippen LogP contribution in [0, 0.1) is 11.7 Å². The molecule has 5 nitrogen and oxygen atoms in total. The van der Waals surface area contributed by atoms with E-state index in [1.165, 1.54) is 44.6 Å². The SMILES string of the molecule is CN(C)C1CCC(SCc2nc3cc(OCC4CC4)cc(F)c3c(=O)[nH]2)CC1. The zero-order chi connectivity index (χ0) is 19.7. The third-order valence-electron chi connectivity index (χ3n) is 5.80. The standard InChI is InChI=1S/C21H28FN3O2S/c1-25(2)14-5-7-16(8-6-14)28-12-19-23-18-10-15(27-11-13-3-4-13)9-17(22)20(18)21(26)24-19/h9-10,13-14,16H,3-8,11-12H2,1-2H3,(H,23,24,26). The number of nitrogens with zero attached hydrogens (tertiary/aromatic N) is 2. The molecule has 7 heteroatoms. The van der Waals surface area contributed by atoms with Crippen molar-refractivity contribution in [3.8, 4) is 5.75 Å². The number of aromatic amines is 1. The molecule has 152 valence electrons. The van der Waals surface area contributed by atoms with Gasteiger partial charge in [0.1, 0.15) is 22.8 Å². The average Bonchev–Trinajstić information content (AvgIpc) is 3.49. The van der Waals surface area contributed by atoms with E-state index in [0.29, 0.717) is 46.7 Å². The van der Waals surface area contributed by atoms with Crippen molar-refractivity contribution in [1.82, 2.24) is 14.9 Å². The lowest BCUT2D eigenvalue weighted by Gasteiger charge is -2.32. The van der Waals surface area contributed by atoms with Crippen LogP contribution < -0.4 is 10.3 Å². The Bertz CT molecular complexity index is 889. The molecule has 0 radical (unpaired) electrons. The Labute approximate surface area is 169 Å². The first kappa shape index (κ1) is 19.7. The Balaban J connectivity index is 1.44. The molecule has 0 aliphatic heterocycles. The minimum Gasteiger partial charge on any atom is -0.493 e. The zero-order valence-electron chi connectivity index (χ0n) is 16.5. The van der Waals surface area contributed by atoms with Crippen LogP contribution in [0.4, 0.5) is 4.39 Å². The Hall–Kier alpha value is -1.60. The maximum absolute atomic E-state index is 14.4. The molecule has 0 spiro atoms. The number of hydrogen-bond acceptors (Lipinski definition) is 5.